The predicted octanol–water partition coefficient (Wildman–Crippen LogP) is 0.630. The standard InChI is InChI=1S/C9H13N3O2/c1-6-10-11-7(12(6)2)9(8(13)14)4-3-5-9/h3-5H2,1-2H3,(H,13,14). The predicted molar refractivity (Wildman–Crippen MR) is 48.9 cm³/mol. The van der Waals surface area contributed by atoms with E-state index in [2.05, 4.69) is 10.2 Å². The summed E-state index contributed by atoms with van der Waals surface area (Å²) in [5.41, 5.74) is -0.768. The first-order valence-corrected chi connectivity index (χ1v) is 4.68. The fourth-order valence-corrected chi connectivity index (χ4v) is 1.89. The summed E-state index contributed by atoms with van der Waals surface area (Å²) in [7, 11) is 1.81. The number of carbonyl (C=O) groups is 1. The Bertz CT molecular complexity index is 379. The molecule has 1 heterocycles. The van der Waals surface area contributed by atoms with Crippen molar-refractivity contribution in [3.8, 4) is 0 Å². The van der Waals surface area contributed by atoms with Crippen LogP contribution in [0.1, 0.15) is 30.9 Å². The highest BCUT2D eigenvalue weighted by atomic mass is 16.4. The van der Waals surface area contributed by atoms with Crippen molar-refractivity contribution in [3.05, 3.63) is 11.6 Å². The molecule has 0 saturated heterocycles. The molecule has 1 aliphatic carbocycles. The third kappa shape index (κ3) is 0.981. The molecular weight excluding hydrogens is 182 g/mol. The fraction of sp³-hybridized carbons (Fsp3) is 0.667. The van der Waals surface area contributed by atoms with Crippen LogP contribution in [-0.4, -0.2) is 25.8 Å². The summed E-state index contributed by atoms with van der Waals surface area (Å²) in [6.45, 7) is 1.82. The average molecular weight is 195 g/mol. The maximum atomic E-state index is 11.2. The van der Waals surface area contributed by atoms with Crippen molar-refractivity contribution in [3.63, 3.8) is 0 Å². The first kappa shape index (κ1) is 9.18. The van der Waals surface area contributed by atoms with Crippen LogP contribution >= 0.6 is 0 Å². The van der Waals surface area contributed by atoms with Crippen molar-refractivity contribution in [2.45, 2.75) is 31.6 Å². The van der Waals surface area contributed by atoms with Gasteiger partial charge in [0.25, 0.3) is 0 Å². The molecule has 0 spiro atoms. The van der Waals surface area contributed by atoms with Crippen molar-refractivity contribution >= 4 is 5.97 Å². The summed E-state index contributed by atoms with van der Waals surface area (Å²) in [6.07, 6.45) is 2.31. The summed E-state index contributed by atoms with van der Waals surface area (Å²) < 4.78 is 1.77. The van der Waals surface area contributed by atoms with E-state index in [1.54, 1.807) is 4.57 Å². The van der Waals surface area contributed by atoms with Crippen LogP contribution in [0.25, 0.3) is 0 Å². The zero-order valence-corrected chi connectivity index (χ0v) is 8.32. The average Bonchev–Trinajstić information content (AvgIpc) is 2.33. The van der Waals surface area contributed by atoms with Crippen LogP contribution in [0.4, 0.5) is 0 Å². The van der Waals surface area contributed by atoms with Gasteiger partial charge in [-0.25, -0.2) is 0 Å². The second kappa shape index (κ2) is 2.80. The van der Waals surface area contributed by atoms with E-state index in [-0.39, 0.29) is 0 Å². The maximum Gasteiger partial charge on any atom is 0.317 e. The highest BCUT2D eigenvalue weighted by Crippen LogP contribution is 2.42. The maximum absolute atomic E-state index is 11.2. The monoisotopic (exact) mass is 195 g/mol. The van der Waals surface area contributed by atoms with Gasteiger partial charge in [-0.3, -0.25) is 4.79 Å². The molecule has 14 heavy (non-hydrogen) atoms. The Morgan fingerprint density at radius 3 is 2.43 bits per heavy atom. The zero-order valence-electron chi connectivity index (χ0n) is 8.32. The molecule has 0 aromatic carbocycles. The molecule has 5 heteroatoms. The molecule has 1 aliphatic rings. The summed E-state index contributed by atoms with van der Waals surface area (Å²) in [5, 5.41) is 17.0. The Morgan fingerprint density at radius 1 is 1.50 bits per heavy atom. The summed E-state index contributed by atoms with van der Waals surface area (Å²) in [5.74, 6) is 0.570. The minimum atomic E-state index is -0.778. The van der Waals surface area contributed by atoms with Crippen LogP contribution in [0.3, 0.4) is 0 Å². The van der Waals surface area contributed by atoms with Crippen LogP contribution in [0.2, 0.25) is 0 Å². The summed E-state index contributed by atoms with van der Waals surface area (Å²) in [4.78, 5) is 11.2. The number of rotatable bonds is 2. The number of carboxylic acid groups (broad SMARTS) is 1. The number of hydrogen-bond acceptors (Lipinski definition) is 3. The van der Waals surface area contributed by atoms with Gasteiger partial charge in [0.2, 0.25) is 0 Å². The van der Waals surface area contributed by atoms with E-state index < -0.39 is 11.4 Å². The molecule has 1 aromatic heterocycles. The Morgan fingerprint density at radius 2 is 2.14 bits per heavy atom. The zero-order chi connectivity index (χ0) is 10.3. The number of carboxylic acids is 1. The van der Waals surface area contributed by atoms with Crippen molar-refractivity contribution < 1.29 is 9.90 Å². The van der Waals surface area contributed by atoms with Gasteiger partial charge in [-0.15, -0.1) is 10.2 Å². The van der Waals surface area contributed by atoms with Gasteiger partial charge < -0.3 is 9.67 Å². The topological polar surface area (TPSA) is 68.0 Å². The van der Waals surface area contributed by atoms with Crippen LogP contribution in [0, 0.1) is 6.92 Å². The molecule has 0 aliphatic heterocycles. The van der Waals surface area contributed by atoms with Crippen LogP contribution in [-0.2, 0) is 17.3 Å². The molecule has 76 valence electrons. The van der Waals surface area contributed by atoms with Crippen LogP contribution in [0.15, 0.2) is 0 Å². The van der Waals surface area contributed by atoms with Gasteiger partial charge in [0.1, 0.15) is 17.1 Å². The van der Waals surface area contributed by atoms with Gasteiger partial charge in [0.15, 0.2) is 0 Å². The minimum Gasteiger partial charge on any atom is -0.480 e. The Hall–Kier alpha value is -1.39. The minimum absolute atomic E-state index is 0.591. The van der Waals surface area contributed by atoms with Gasteiger partial charge in [0.05, 0.1) is 0 Å². The van der Waals surface area contributed by atoms with Crippen molar-refractivity contribution in [2.24, 2.45) is 7.05 Å². The van der Waals surface area contributed by atoms with Gasteiger partial charge in [-0.05, 0) is 19.8 Å². The molecule has 1 aromatic rings. The molecule has 1 saturated carbocycles. The molecule has 0 bridgehead atoms. The van der Waals surface area contributed by atoms with Crippen molar-refractivity contribution in [1.29, 1.82) is 0 Å². The van der Waals surface area contributed by atoms with Gasteiger partial charge in [-0.2, -0.15) is 0 Å². The quantitative estimate of drug-likeness (QED) is 0.751. The lowest BCUT2D eigenvalue weighted by Crippen LogP contribution is -2.44. The van der Waals surface area contributed by atoms with E-state index in [0.29, 0.717) is 18.7 Å². The van der Waals surface area contributed by atoms with E-state index in [1.807, 2.05) is 14.0 Å². The van der Waals surface area contributed by atoms with E-state index in [9.17, 15) is 9.90 Å². The molecule has 1 fully saturated rings. The molecule has 0 amide bonds. The molecule has 0 radical (unpaired) electrons. The fourth-order valence-electron chi connectivity index (χ4n) is 1.89. The van der Waals surface area contributed by atoms with Crippen LogP contribution in [0.5, 0.6) is 0 Å². The second-order valence-electron chi connectivity index (χ2n) is 3.87. The molecule has 0 atom stereocenters. The summed E-state index contributed by atoms with van der Waals surface area (Å²) >= 11 is 0. The number of nitrogens with zero attached hydrogens (tertiary/aromatic N) is 3. The highest BCUT2D eigenvalue weighted by Gasteiger charge is 2.49. The van der Waals surface area contributed by atoms with Gasteiger partial charge in [-0.1, -0.05) is 6.42 Å². The highest BCUT2D eigenvalue weighted by molar-refractivity contribution is 5.81. The first-order valence-electron chi connectivity index (χ1n) is 4.68. The van der Waals surface area contributed by atoms with Gasteiger partial charge >= 0.3 is 5.97 Å². The van der Waals surface area contributed by atoms with E-state index in [4.69, 9.17) is 0 Å². The molecule has 0 unspecified atom stereocenters. The van der Waals surface area contributed by atoms with E-state index in [0.717, 1.165) is 12.2 Å². The molecule has 5 nitrogen and oxygen atoms in total. The SMILES string of the molecule is Cc1nnc(C2(C(=O)O)CCC2)n1C. The third-order valence-electron chi connectivity index (χ3n) is 3.14. The number of hydrogen-bond donors (Lipinski definition) is 1. The normalized spacial score (nSPS) is 19.0. The molecule has 2 rings (SSSR count). The van der Waals surface area contributed by atoms with Gasteiger partial charge in [0, 0.05) is 7.05 Å². The second-order valence-corrected chi connectivity index (χ2v) is 3.87. The third-order valence-corrected chi connectivity index (χ3v) is 3.14. The summed E-state index contributed by atoms with van der Waals surface area (Å²) in [6, 6.07) is 0. The lowest BCUT2D eigenvalue weighted by molar-refractivity contribution is -0.148. The molecular formula is C9H13N3O2. The van der Waals surface area contributed by atoms with Crippen molar-refractivity contribution in [1.82, 2.24) is 14.8 Å². The lowest BCUT2D eigenvalue weighted by atomic mass is 9.68. The lowest BCUT2D eigenvalue weighted by Gasteiger charge is -2.36. The van der Waals surface area contributed by atoms with E-state index >= 15 is 0 Å². The van der Waals surface area contributed by atoms with E-state index in [1.165, 1.54) is 0 Å². The Balaban J connectivity index is 2.47. The smallest absolute Gasteiger partial charge is 0.317 e. The number of aliphatic carboxylic acids is 1. The largest absolute Gasteiger partial charge is 0.480 e. The first-order chi connectivity index (χ1) is 6.58. The Kier molecular flexibility index (Phi) is 1.83. The Labute approximate surface area is 81.8 Å². The van der Waals surface area contributed by atoms with Crippen molar-refractivity contribution in [2.75, 3.05) is 0 Å². The number of aryl methyl sites for hydroxylation is 1. The number of aromatic nitrogens is 3. The molecule has 1 N–H and O–H groups in total. The van der Waals surface area contributed by atoms with Crippen LogP contribution < -0.4 is 0 Å².